The van der Waals surface area contributed by atoms with Crippen LogP contribution in [0.5, 0.6) is 0 Å². The highest BCUT2D eigenvalue weighted by Gasteiger charge is 2.25. The standard InChI is InChI=1S/C14H20ClNO2/c1-9-6-11(7-10(2)18-9)17-8-12-13(15)4-3-5-14(12)16/h3-5,9-11H,6-8,16H2,1-2H3. The summed E-state index contributed by atoms with van der Waals surface area (Å²) in [6.07, 6.45) is 2.58. The van der Waals surface area contributed by atoms with E-state index < -0.39 is 0 Å². The second-order valence-corrected chi connectivity index (χ2v) is 5.38. The number of hydrogen-bond acceptors (Lipinski definition) is 3. The quantitative estimate of drug-likeness (QED) is 0.856. The molecule has 1 heterocycles. The van der Waals surface area contributed by atoms with Gasteiger partial charge in [0.2, 0.25) is 0 Å². The molecule has 3 nitrogen and oxygen atoms in total. The summed E-state index contributed by atoms with van der Waals surface area (Å²) in [5, 5.41) is 0.670. The molecule has 1 aromatic carbocycles. The van der Waals surface area contributed by atoms with Crippen molar-refractivity contribution in [3.63, 3.8) is 0 Å². The number of nitrogen functional groups attached to an aromatic ring is 1. The van der Waals surface area contributed by atoms with Crippen molar-refractivity contribution in [3.8, 4) is 0 Å². The Morgan fingerprint density at radius 3 is 2.61 bits per heavy atom. The minimum Gasteiger partial charge on any atom is -0.398 e. The Morgan fingerprint density at radius 1 is 1.33 bits per heavy atom. The van der Waals surface area contributed by atoms with Gasteiger partial charge in [-0.2, -0.15) is 0 Å². The van der Waals surface area contributed by atoms with Crippen molar-refractivity contribution in [2.45, 2.75) is 51.6 Å². The van der Waals surface area contributed by atoms with E-state index in [1.165, 1.54) is 0 Å². The van der Waals surface area contributed by atoms with Crippen molar-refractivity contribution in [3.05, 3.63) is 28.8 Å². The van der Waals surface area contributed by atoms with Gasteiger partial charge in [0.15, 0.2) is 0 Å². The zero-order valence-electron chi connectivity index (χ0n) is 10.9. The fourth-order valence-electron chi connectivity index (χ4n) is 2.41. The number of ether oxygens (including phenoxy) is 2. The van der Waals surface area contributed by atoms with E-state index in [-0.39, 0.29) is 18.3 Å². The zero-order chi connectivity index (χ0) is 13.1. The van der Waals surface area contributed by atoms with Crippen LogP contribution >= 0.6 is 11.6 Å². The minimum absolute atomic E-state index is 0.222. The monoisotopic (exact) mass is 269 g/mol. The van der Waals surface area contributed by atoms with Gasteiger partial charge in [0.25, 0.3) is 0 Å². The Bertz CT molecular complexity index is 381. The average Bonchev–Trinajstić information content (AvgIpc) is 2.27. The Morgan fingerprint density at radius 2 is 2.00 bits per heavy atom. The fourth-order valence-corrected chi connectivity index (χ4v) is 2.65. The number of rotatable bonds is 3. The highest BCUT2D eigenvalue weighted by Crippen LogP contribution is 2.26. The van der Waals surface area contributed by atoms with Crippen LogP contribution in [-0.2, 0) is 16.1 Å². The summed E-state index contributed by atoms with van der Waals surface area (Å²) in [5.41, 5.74) is 7.47. The molecule has 2 atom stereocenters. The number of anilines is 1. The van der Waals surface area contributed by atoms with Gasteiger partial charge in [0, 0.05) is 16.3 Å². The maximum absolute atomic E-state index is 6.12. The predicted octanol–water partition coefficient (Wildman–Crippen LogP) is 3.39. The molecule has 2 N–H and O–H groups in total. The molecular formula is C14H20ClNO2. The highest BCUT2D eigenvalue weighted by atomic mass is 35.5. The van der Waals surface area contributed by atoms with E-state index in [4.69, 9.17) is 26.8 Å². The lowest BCUT2D eigenvalue weighted by Gasteiger charge is -2.32. The molecule has 2 rings (SSSR count). The lowest BCUT2D eigenvalue weighted by Crippen LogP contribution is -2.34. The summed E-state index contributed by atoms with van der Waals surface area (Å²) < 4.78 is 11.6. The van der Waals surface area contributed by atoms with Crippen LogP contribution in [0.1, 0.15) is 32.3 Å². The van der Waals surface area contributed by atoms with Gasteiger partial charge < -0.3 is 15.2 Å². The Kier molecular flexibility index (Phi) is 4.49. The number of halogens is 1. The van der Waals surface area contributed by atoms with Gasteiger partial charge in [-0.05, 0) is 38.8 Å². The molecule has 0 aliphatic carbocycles. The van der Waals surface area contributed by atoms with E-state index in [9.17, 15) is 0 Å². The highest BCUT2D eigenvalue weighted by molar-refractivity contribution is 6.31. The van der Waals surface area contributed by atoms with E-state index in [1.807, 2.05) is 18.2 Å². The van der Waals surface area contributed by atoms with Gasteiger partial charge >= 0.3 is 0 Å². The molecule has 100 valence electrons. The maximum atomic E-state index is 6.12. The van der Waals surface area contributed by atoms with Gasteiger partial charge in [0.1, 0.15) is 0 Å². The van der Waals surface area contributed by atoms with Gasteiger partial charge in [-0.15, -0.1) is 0 Å². The third-order valence-electron chi connectivity index (χ3n) is 3.27. The van der Waals surface area contributed by atoms with E-state index in [1.54, 1.807) is 0 Å². The van der Waals surface area contributed by atoms with Crippen molar-refractivity contribution in [2.24, 2.45) is 0 Å². The Labute approximate surface area is 113 Å². The first-order valence-corrected chi connectivity index (χ1v) is 6.74. The Balaban J connectivity index is 1.95. The topological polar surface area (TPSA) is 44.5 Å². The van der Waals surface area contributed by atoms with Crippen LogP contribution in [0, 0.1) is 0 Å². The van der Waals surface area contributed by atoms with Crippen LogP contribution in [0.3, 0.4) is 0 Å². The van der Waals surface area contributed by atoms with Crippen molar-refractivity contribution in [2.75, 3.05) is 5.73 Å². The number of benzene rings is 1. The number of hydrogen-bond donors (Lipinski definition) is 1. The van der Waals surface area contributed by atoms with E-state index in [0.717, 1.165) is 18.4 Å². The zero-order valence-corrected chi connectivity index (χ0v) is 11.6. The Hall–Kier alpha value is -0.770. The molecule has 18 heavy (non-hydrogen) atoms. The molecule has 0 spiro atoms. The summed E-state index contributed by atoms with van der Waals surface area (Å²) >= 11 is 6.12. The van der Waals surface area contributed by atoms with E-state index in [2.05, 4.69) is 13.8 Å². The molecule has 0 aromatic heterocycles. The van der Waals surface area contributed by atoms with Gasteiger partial charge in [-0.3, -0.25) is 0 Å². The summed E-state index contributed by atoms with van der Waals surface area (Å²) in [7, 11) is 0. The van der Waals surface area contributed by atoms with Crippen LogP contribution in [-0.4, -0.2) is 18.3 Å². The minimum atomic E-state index is 0.222. The van der Waals surface area contributed by atoms with Gasteiger partial charge in [-0.1, -0.05) is 17.7 Å². The van der Waals surface area contributed by atoms with Crippen molar-refractivity contribution in [1.29, 1.82) is 0 Å². The van der Waals surface area contributed by atoms with Gasteiger partial charge in [0.05, 0.1) is 24.9 Å². The third-order valence-corrected chi connectivity index (χ3v) is 3.63. The first-order valence-electron chi connectivity index (χ1n) is 6.36. The summed E-state index contributed by atoms with van der Waals surface area (Å²) in [4.78, 5) is 0. The van der Waals surface area contributed by atoms with Crippen LogP contribution < -0.4 is 5.73 Å². The SMILES string of the molecule is CC1CC(OCc2c(N)cccc2Cl)CC(C)O1. The van der Waals surface area contributed by atoms with Crippen LogP contribution in [0.25, 0.3) is 0 Å². The second kappa shape index (κ2) is 5.91. The molecule has 1 aliphatic rings. The summed E-state index contributed by atoms with van der Waals surface area (Å²) in [5.74, 6) is 0. The first-order chi connectivity index (χ1) is 8.56. The molecule has 0 bridgehead atoms. The van der Waals surface area contributed by atoms with Crippen molar-refractivity contribution >= 4 is 17.3 Å². The molecule has 1 fully saturated rings. The van der Waals surface area contributed by atoms with Crippen molar-refractivity contribution in [1.82, 2.24) is 0 Å². The molecule has 4 heteroatoms. The molecule has 1 aromatic rings. The van der Waals surface area contributed by atoms with Gasteiger partial charge in [-0.25, -0.2) is 0 Å². The lowest BCUT2D eigenvalue weighted by molar-refractivity contribution is -0.106. The molecule has 2 unspecified atom stereocenters. The van der Waals surface area contributed by atoms with E-state index >= 15 is 0 Å². The second-order valence-electron chi connectivity index (χ2n) is 4.97. The molecule has 0 radical (unpaired) electrons. The third kappa shape index (κ3) is 3.37. The molecule has 1 aliphatic heterocycles. The average molecular weight is 270 g/mol. The molecular weight excluding hydrogens is 250 g/mol. The summed E-state index contributed by atoms with van der Waals surface area (Å²) in [6, 6.07) is 5.53. The maximum Gasteiger partial charge on any atom is 0.0755 e. The van der Waals surface area contributed by atoms with Crippen LogP contribution in [0.4, 0.5) is 5.69 Å². The normalized spacial score (nSPS) is 28.3. The fraction of sp³-hybridized carbons (Fsp3) is 0.571. The number of nitrogens with two attached hydrogens (primary N) is 1. The smallest absolute Gasteiger partial charge is 0.0755 e. The molecule has 1 saturated heterocycles. The first kappa shape index (κ1) is 13.7. The van der Waals surface area contributed by atoms with Crippen LogP contribution in [0.2, 0.25) is 5.02 Å². The predicted molar refractivity (Wildman–Crippen MR) is 73.7 cm³/mol. The lowest BCUT2D eigenvalue weighted by atomic mass is 10.0. The molecule has 0 saturated carbocycles. The van der Waals surface area contributed by atoms with E-state index in [0.29, 0.717) is 17.3 Å². The molecule has 0 amide bonds. The largest absolute Gasteiger partial charge is 0.398 e. The van der Waals surface area contributed by atoms with Crippen molar-refractivity contribution < 1.29 is 9.47 Å². The van der Waals surface area contributed by atoms with Crippen LogP contribution in [0.15, 0.2) is 18.2 Å². The summed E-state index contributed by atoms with van der Waals surface area (Å²) in [6.45, 7) is 4.63.